The lowest BCUT2D eigenvalue weighted by molar-refractivity contribution is -0.384. The molecule has 0 radical (unpaired) electrons. The smallest absolute Gasteiger partial charge is 0.340 e. The molecule has 1 heterocycles. The summed E-state index contributed by atoms with van der Waals surface area (Å²) in [6.07, 6.45) is 5.99. The second-order valence-corrected chi connectivity index (χ2v) is 5.23. The number of methoxy groups -OCH3 is 1. The van der Waals surface area contributed by atoms with E-state index in [0.29, 0.717) is 12.1 Å². The SMILES string of the molecule is C#CCCN1CCN(c2ccc([N+](=O)[O-])cc2C(=O)OC)CC1. The van der Waals surface area contributed by atoms with Crippen molar-refractivity contribution in [3.8, 4) is 12.3 Å². The van der Waals surface area contributed by atoms with E-state index in [-0.39, 0.29) is 11.3 Å². The van der Waals surface area contributed by atoms with Gasteiger partial charge < -0.3 is 9.64 Å². The summed E-state index contributed by atoms with van der Waals surface area (Å²) in [6.45, 7) is 3.98. The highest BCUT2D eigenvalue weighted by atomic mass is 16.6. The zero-order valence-electron chi connectivity index (χ0n) is 13.0. The fourth-order valence-electron chi connectivity index (χ4n) is 2.62. The Bertz CT molecular complexity index is 631. The van der Waals surface area contributed by atoms with Crippen molar-refractivity contribution in [3.05, 3.63) is 33.9 Å². The summed E-state index contributed by atoms with van der Waals surface area (Å²) >= 11 is 0. The molecule has 0 aromatic heterocycles. The van der Waals surface area contributed by atoms with Gasteiger partial charge in [-0.2, -0.15) is 0 Å². The predicted octanol–water partition coefficient (Wildman–Crippen LogP) is 1.53. The molecule has 2 rings (SSSR count). The van der Waals surface area contributed by atoms with E-state index in [9.17, 15) is 14.9 Å². The molecule has 0 unspecified atom stereocenters. The fraction of sp³-hybridized carbons (Fsp3) is 0.438. The van der Waals surface area contributed by atoms with Crippen LogP contribution in [0.3, 0.4) is 0 Å². The fourth-order valence-corrected chi connectivity index (χ4v) is 2.62. The molecule has 0 saturated carbocycles. The van der Waals surface area contributed by atoms with E-state index in [0.717, 1.165) is 32.7 Å². The lowest BCUT2D eigenvalue weighted by atomic mass is 10.1. The number of non-ortho nitro benzene ring substituents is 1. The number of rotatable bonds is 5. The highest BCUT2D eigenvalue weighted by molar-refractivity contribution is 5.96. The van der Waals surface area contributed by atoms with Crippen molar-refractivity contribution >= 4 is 17.3 Å². The number of hydrogen-bond donors (Lipinski definition) is 0. The standard InChI is InChI=1S/C16H19N3O4/c1-3-4-7-17-8-10-18(11-9-17)15-6-5-13(19(21)22)12-14(15)16(20)23-2/h1,5-6,12H,4,7-11H2,2H3. The Balaban J connectivity index is 2.18. The first kappa shape index (κ1) is 16.8. The molecule has 1 aliphatic rings. The summed E-state index contributed by atoms with van der Waals surface area (Å²) in [5, 5.41) is 10.9. The van der Waals surface area contributed by atoms with Crippen LogP contribution in [0, 0.1) is 22.5 Å². The number of ether oxygens (including phenoxy) is 1. The molecule has 0 bridgehead atoms. The summed E-state index contributed by atoms with van der Waals surface area (Å²) in [7, 11) is 1.27. The number of carbonyl (C=O) groups excluding carboxylic acids is 1. The maximum atomic E-state index is 12.0. The van der Waals surface area contributed by atoms with Crippen molar-refractivity contribution in [1.29, 1.82) is 0 Å². The predicted molar refractivity (Wildman–Crippen MR) is 86.5 cm³/mol. The van der Waals surface area contributed by atoms with Gasteiger partial charge in [0.25, 0.3) is 5.69 Å². The van der Waals surface area contributed by atoms with Crippen LogP contribution >= 0.6 is 0 Å². The first-order valence-corrected chi connectivity index (χ1v) is 7.34. The Morgan fingerprint density at radius 1 is 1.39 bits per heavy atom. The molecular formula is C16H19N3O4. The van der Waals surface area contributed by atoms with Crippen molar-refractivity contribution in [1.82, 2.24) is 4.90 Å². The third-order valence-corrected chi connectivity index (χ3v) is 3.88. The molecule has 1 aliphatic heterocycles. The first-order valence-electron chi connectivity index (χ1n) is 7.34. The zero-order chi connectivity index (χ0) is 16.8. The monoisotopic (exact) mass is 317 g/mol. The van der Waals surface area contributed by atoms with Gasteiger partial charge in [-0.25, -0.2) is 4.79 Å². The van der Waals surface area contributed by atoms with Gasteiger partial charge in [-0.15, -0.1) is 12.3 Å². The quantitative estimate of drug-likeness (QED) is 0.355. The summed E-state index contributed by atoms with van der Waals surface area (Å²) in [6, 6.07) is 4.29. The molecule has 1 saturated heterocycles. The lowest BCUT2D eigenvalue weighted by Gasteiger charge is -2.36. The molecule has 7 heteroatoms. The lowest BCUT2D eigenvalue weighted by Crippen LogP contribution is -2.47. The van der Waals surface area contributed by atoms with Gasteiger partial charge in [0.15, 0.2) is 0 Å². The molecular weight excluding hydrogens is 298 g/mol. The van der Waals surface area contributed by atoms with Crippen LogP contribution in [0.1, 0.15) is 16.8 Å². The van der Waals surface area contributed by atoms with Crippen LogP contribution in [0.25, 0.3) is 0 Å². The molecule has 0 spiro atoms. The molecule has 1 fully saturated rings. The third-order valence-electron chi connectivity index (χ3n) is 3.88. The molecule has 7 nitrogen and oxygen atoms in total. The van der Waals surface area contributed by atoms with Crippen LogP contribution in [0.4, 0.5) is 11.4 Å². The number of terminal acetylenes is 1. The number of nitro groups is 1. The van der Waals surface area contributed by atoms with Crippen molar-refractivity contribution in [2.75, 3.05) is 44.7 Å². The van der Waals surface area contributed by atoms with Crippen LogP contribution < -0.4 is 4.90 Å². The maximum absolute atomic E-state index is 12.0. The topological polar surface area (TPSA) is 75.9 Å². The second-order valence-electron chi connectivity index (χ2n) is 5.23. The van der Waals surface area contributed by atoms with E-state index in [1.165, 1.54) is 19.2 Å². The molecule has 1 aromatic carbocycles. The van der Waals surface area contributed by atoms with Gasteiger partial charge in [0.2, 0.25) is 0 Å². The minimum absolute atomic E-state index is 0.123. The van der Waals surface area contributed by atoms with Crippen molar-refractivity contribution in [2.24, 2.45) is 0 Å². The van der Waals surface area contributed by atoms with Crippen molar-refractivity contribution in [2.45, 2.75) is 6.42 Å². The van der Waals surface area contributed by atoms with Gasteiger partial charge in [-0.05, 0) is 6.07 Å². The molecule has 0 amide bonds. The molecule has 122 valence electrons. The van der Waals surface area contributed by atoms with Gasteiger partial charge in [0, 0.05) is 51.3 Å². The Morgan fingerprint density at radius 2 is 2.09 bits per heavy atom. The summed E-state index contributed by atoms with van der Waals surface area (Å²) in [4.78, 5) is 26.7. The van der Waals surface area contributed by atoms with Crippen molar-refractivity contribution in [3.63, 3.8) is 0 Å². The van der Waals surface area contributed by atoms with Gasteiger partial charge in [-0.3, -0.25) is 15.0 Å². The third kappa shape index (κ3) is 3.99. The van der Waals surface area contributed by atoms with Gasteiger partial charge in [0.1, 0.15) is 0 Å². The van der Waals surface area contributed by atoms with Gasteiger partial charge in [-0.1, -0.05) is 0 Å². The normalized spacial score (nSPS) is 15.0. The van der Waals surface area contributed by atoms with E-state index in [1.54, 1.807) is 6.07 Å². The largest absolute Gasteiger partial charge is 0.465 e. The summed E-state index contributed by atoms with van der Waals surface area (Å²) in [5.74, 6) is 2.06. The average Bonchev–Trinajstić information content (AvgIpc) is 2.59. The molecule has 0 N–H and O–H groups in total. The minimum Gasteiger partial charge on any atom is -0.465 e. The minimum atomic E-state index is -0.571. The Hall–Kier alpha value is -2.59. The first-order chi connectivity index (χ1) is 11.1. The zero-order valence-corrected chi connectivity index (χ0v) is 13.0. The van der Waals surface area contributed by atoms with Gasteiger partial charge in [0.05, 0.1) is 23.3 Å². The number of carbonyl (C=O) groups is 1. The Morgan fingerprint density at radius 3 is 2.65 bits per heavy atom. The summed E-state index contributed by atoms with van der Waals surface area (Å²) in [5.41, 5.74) is 0.764. The number of benzene rings is 1. The molecule has 23 heavy (non-hydrogen) atoms. The van der Waals surface area contributed by atoms with E-state index < -0.39 is 10.9 Å². The number of piperazine rings is 1. The Kier molecular flexibility index (Phi) is 5.55. The van der Waals surface area contributed by atoms with Crippen LogP contribution in [0.2, 0.25) is 0 Å². The number of hydrogen-bond acceptors (Lipinski definition) is 6. The van der Waals surface area contributed by atoms with E-state index in [2.05, 4.69) is 10.8 Å². The maximum Gasteiger partial charge on any atom is 0.340 e. The van der Waals surface area contributed by atoms with Gasteiger partial charge >= 0.3 is 5.97 Å². The van der Waals surface area contributed by atoms with Crippen LogP contribution in [0.15, 0.2) is 18.2 Å². The number of nitrogens with zero attached hydrogens (tertiary/aromatic N) is 3. The highest BCUT2D eigenvalue weighted by Gasteiger charge is 2.24. The number of anilines is 1. The second kappa shape index (κ2) is 7.61. The number of nitro benzene ring substituents is 1. The number of esters is 1. The van der Waals surface area contributed by atoms with Crippen LogP contribution in [0.5, 0.6) is 0 Å². The molecule has 0 aliphatic carbocycles. The van der Waals surface area contributed by atoms with Crippen LogP contribution in [-0.2, 0) is 4.74 Å². The Labute approximate surface area is 135 Å². The van der Waals surface area contributed by atoms with E-state index >= 15 is 0 Å². The average molecular weight is 317 g/mol. The highest BCUT2D eigenvalue weighted by Crippen LogP contribution is 2.27. The molecule has 0 atom stereocenters. The van der Waals surface area contributed by atoms with E-state index in [1.807, 2.05) is 4.90 Å². The van der Waals surface area contributed by atoms with Crippen molar-refractivity contribution < 1.29 is 14.5 Å². The van der Waals surface area contributed by atoms with Crippen LogP contribution in [-0.4, -0.2) is 55.6 Å². The van der Waals surface area contributed by atoms with E-state index in [4.69, 9.17) is 11.2 Å². The summed E-state index contributed by atoms with van der Waals surface area (Å²) < 4.78 is 4.76. The molecule has 1 aromatic rings.